The molecule has 1 fully saturated rings. The van der Waals surface area contributed by atoms with Crippen molar-refractivity contribution in [2.24, 2.45) is 0 Å². The average Bonchev–Trinajstić information content (AvgIpc) is 3.22. The largest absolute Gasteiger partial charge is 0.338 e. The van der Waals surface area contributed by atoms with Crippen LogP contribution in [0.3, 0.4) is 0 Å². The maximum absolute atomic E-state index is 13.8. The van der Waals surface area contributed by atoms with Gasteiger partial charge in [0, 0.05) is 42.2 Å². The van der Waals surface area contributed by atoms with Gasteiger partial charge in [0.05, 0.1) is 11.6 Å². The van der Waals surface area contributed by atoms with E-state index < -0.39 is 11.6 Å². The van der Waals surface area contributed by atoms with E-state index in [2.05, 4.69) is 10.3 Å². The number of nitrogens with zero attached hydrogens (tertiary/aromatic N) is 2. The molecule has 0 bridgehead atoms. The fourth-order valence-corrected chi connectivity index (χ4v) is 2.96. The Labute approximate surface area is 137 Å². The van der Waals surface area contributed by atoms with Crippen molar-refractivity contribution in [3.63, 3.8) is 0 Å². The van der Waals surface area contributed by atoms with Gasteiger partial charge in [0.1, 0.15) is 11.6 Å². The van der Waals surface area contributed by atoms with Gasteiger partial charge in [-0.1, -0.05) is 6.07 Å². The van der Waals surface area contributed by atoms with E-state index in [4.69, 9.17) is 0 Å². The summed E-state index contributed by atoms with van der Waals surface area (Å²) in [5, 5.41) is 5.71. The molecule has 0 saturated heterocycles. The van der Waals surface area contributed by atoms with E-state index in [1.54, 1.807) is 22.4 Å². The van der Waals surface area contributed by atoms with E-state index in [-0.39, 0.29) is 18.6 Å². The molecule has 2 amide bonds. The van der Waals surface area contributed by atoms with Crippen LogP contribution in [-0.2, 0) is 13.0 Å². The summed E-state index contributed by atoms with van der Waals surface area (Å²) in [4.78, 5) is 18.1. The second-order valence-corrected chi connectivity index (χ2v) is 6.48. The van der Waals surface area contributed by atoms with Crippen LogP contribution in [-0.4, -0.2) is 28.5 Å². The first-order valence-corrected chi connectivity index (χ1v) is 8.38. The quantitative estimate of drug-likeness (QED) is 0.879. The maximum Gasteiger partial charge on any atom is 0.317 e. The monoisotopic (exact) mass is 337 g/mol. The minimum Gasteiger partial charge on any atom is -0.338 e. The van der Waals surface area contributed by atoms with Crippen LogP contribution in [0.4, 0.5) is 13.6 Å². The van der Waals surface area contributed by atoms with Gasteiger partial charge in [-0.15, -0.1) is 11.3 Å². The van der Waals surface area contributed by atoms with Crippen molar-refractivity contribution in [3.05, 3.63) is 52.0 Å². The molecular weight excluding hydrogens is 320 g/mol. The Morgan fingerprint density at radius 2 is 2.22 bits per heavy atom. The third kappa shape index (κ3) is 4.25. The van der Waals surface area contributed by atoms with E-state index in [1.165, 1.54) is 12.1 Å². The molecule has 0 aliphatic heterocycles. The molecule has 1 aromatic carbocycles. The standard InChI is InChI=1S/C16H17F2N3OS/c17-12-2-1-11(14(18)9-12)10-21(13-3-4-13)16(22)20-6-5-15-19-7-8-23-15/h1-2,7-9,13H,3-6,10H2,(H,20,22). The SMILES string of the molecule is O=C(NCCc1nccs1)N(Cc1ccc(F)cc1F)C1CC1. The average molecular weight is 337 g/mol. The van der Waals surface area contributed by atoms with Crippen LogP contribution in [0.5, 0.6) is 0 Å². The van der Waals surface area contributed by atoms with Crippen molar-refractivity contribution in [2.75, 3.05) is 6.54 Å². The van der Waals surface area contributed by atoms with Crippen LogP contribution >= 0.6 is 11.3 Å². The number of halogens is 2. The smallest absolute Gasteiger partial charge is 0.317 e. The molecule has 1 saturated carbocycles. The number of carbonyl (C=O) groups is 1. The van der Waals surface area contributed by atoms with Gasteiger partial charge < -0.3 is 10.2 Å². The Morgan fingerprint density at radius 3 is 2.87 bits per heavy atom. The lowest BCUT2D eigenvalue weighted by atomic mass is 10.2. The Hall–Kier alpha value is -2.02. The summed E-state index contributed by atoms with van der Waals surface area (Å²) >= 11 is 1.55. The predicted molar refractivity (Wildman–Crippen MR) is 84.1 cm³/mol. The molecule has 1 N–H and O–H groups in total. The number of urea groups is 1. The molecule has 23 heavy (non-hydrogen) atoms. The van der Waals surface area contributed by atoms with Gasteiger partial charge in [0.25, 0.3) is 0 Å². The topological polar surface area (TPSA) is 45.2 Å². The third-order valence-corrected chi connectivity index (χ3v) is 4.54. The van der Waals surface area contributed by atoms with Crippen LogP contribution in [0, 0.1) is 11.6 Å². The Balaban J connectivity index is 1.58. The number of hydrogen-bond donors (Lipinski definition) is 1. The number of rotatable bonds is 6. The lowest BCUT2D eigenvalue weighted by Crippen LogP contribution is -2.41. The van der Waals surface area contributed by atoms with E-state index in [0.29, 0.717) is 18.5 Å². The molecule has 0 radical (unpaired) electrons. The first kappa shape index (κ1) is 15.9. The molecular formula is C16H17F2N3OS. The third-order valence-electron chi connectivity index (χ3n) is 3.70. The minimum absolute atomic E-state index is 0.138. The lowest BCUT2D eigenvalue weighted by Gasteiger charge is -2.23. The highest BCUT2D eigenvalue weighted by atomic mass is 32.1. The molecule has 122 valence electrons. The van der Waals surface area contributed by atoms with Crippen molar-refractivity contribution in [3.8, 4) is 0 Å². The molecule has 3 rings (SSSR count). The maximum atomic E-state index is 13.8. The zero-order valence-electron chi connectivity index (χ0n) is 12.5. The Morgan fingerprint density at radius 1 is 1.39 bits per heavy atom. The fourth-order valence-electron chi connectivity index (χ4n) is 2.34. The zero-order chi connectivity index (χ0) is 16.2. The van der Waals surface area contributed by atoms with E-state index in [9.17, 15) is 13.6 Å². The second-order valence-electron chi connectivity index (χ2n) is 5.50. The summed E-state index contributed by atoms with van der Waals surface area (Å²) in [6, 6.07) is 3.38. The lowest BCUT2D eigenvalue weighted by molar-refractivity contribution is 0.191. The molecule has 4 nitrogen and oxygen atoms in total. The highest BCUT2D eigenvalue weighted by molar-refractivity contribution is 7.09. The van der Waals surface area contributed by atoms with Gasteiger partial charge in [-0.3, -0.25) is 0 Å². The van der Waals surface area contributed by atoms with Gasteiger partial charge in [0.15, 0.2) is 0 Å². The first-order chi connectivity index (χ1) is 11.1. The summed E-state index contributed by atoms with van der Waals surface area (Å²) in [7, 11) is 0. The van der Waals surface area contributed by atoms with Gasteiger partial charge in [-0.25, -0.2) is 18.6 Å². The number of thiazole rings is 1. The van der Waals surface area contributed by atoms with Crippen molar-refractivity contribution in [1.82, 2.24) is 15.2 Å². The van der Waals surface area contributed by atoms with Crippen molar-refractivity contribution in [1.29, 1.82) is 0 Å². The van der Waals surface area contributed by atoms with Crippen molar-refractivity contribution in [2.45, 2.75) is 31.8 Å². The number of nitrogens with one attached hydrogen (secondary N) is 1. The van der Waals surface area contributed by atoms with Gasteiger partial charge in [-0.05, 0) is 18.9 Å². The van der Waals surface area contributed by atoms with Crippen molar-refractivity contribution < 1.29 is 13.6 Å². The van der Waals surface area contributed by atoms with E-state index in [1.807, 2.05) is 5.38 Å². The van der Waals surface area contributed by atoms with Crippen LogP contribution in [0.1, 0.15) is 23.4 Å². The second kappa shape index (κ2) is 7.04. The molecule has 1 heterocycles. The molecule has 0 atom stereocenters. The fraction of sp³-hybridized carbons (Fsp3) is 0.375. The molecule has 1 aliphatic carbocycles. The number of aromatic nitrogens is 1. The summed E-state index contributed by atoms with van der Waals surface area (Å²) in [5.74, 6) is -1.23. The zero-order valence-corrected chi connectivity index (χ0v) is 13.3. The molecule has 7 heteroatoms. The number of benzene rings is 1. The van der Waals surface area contributed by atoms with Crippen LogP contribution in [0.2, 0.25) is 0 Å². The van der Waals surface area contributed by atoms with E-state index in [0.717, 1.165) is 23.9 Å². The highest BCUT2D eigenvalue weighted by Gasteiger charge is 2.33. The summed E-state index contributed by atoms with van der Waals surface area (Å²) in [6.07, 6.45) is 4.24. The van der Waals surface area contributed by atoms with E-state index >= 15 is 0 Å². The first-order valence-electron chi connectivity index (χ1n) is 7.50. The number of hydrogen-bond acceptors (Lipinski definition) is 3. The molecule has 0 unspecified atom stereocenters. The number of amides is 2. The van der Waals surface area contributed by atoms with Gasteiger partial charge in [0.2, 0.25) is 0 Å². The number of carbonyl (C=O) groups excluding carboxylic acids is 1. The molecule has 1 aliphatic rings. The Bertz CT molecular complexity index is 674. The molecule has 2 aromatic rings. The van der Waals surface area contributed by atoms with Crippen LogP contribution < -0.4 is 5.32 Å². The van der Waals surface area contributed by atoms with Gasteiger partial charge in [-0.2, -0.15) is 0 Å². The summed E-state index contributed by atoms with van der Waals surface area (Å²) in [6.45, 7) is 0.640. The van der Waals surface area contributed by atoms with Crippen LogP contribution in [0.15, 0.2) is 29.8 Å². The molecule has 0 spiro atoms. The van der Waals surface area contributed by atoms with Gasteiger partial charge >= 0.3 is 6.03 Å². The normalized spacial score (nSPS) is 13.8. The highest BCUT2D eigenvalue weighted by Crippen LogP contribution is 2.29. The summed E-state index contributed by atoms with van der Waals surface area (Å²) in [5.41, 5.74) is 0.327. The minimum atomic E-state index is -0.619. The Kier molecular flexibility index (Phi) is 4.85. The predicted octanol–water partition coefficient (Wildman–Crippen LogP) is 3.34. The van der Waals surface area contributed by atoms with Crippen LogP contribution in [0.25, 0.3) is 0 Å². The summed E-state index contributed by atoms with van der Waals surface area (Å²) < 4.78 is 26.8. The van der Waals surface area contributed by atoms with Crippen molar-refractivity contribution >= 4 is 17.4 Å². The molecule has 1 aromatic heterocycles.